The number of rotatable bonds is 9. The van der Waals surface area contributed by atoms with Crippen LogP contribution in [0.5, 0.6) is 0 Å². The molecule has 1 N–H and O–H groups in total. The highest BCUT2D eigenvalue weighted by Crippen LogP contribution is 2.33. The monoisotopic (exact) mass is 359 g/mol. The molecule has 0 fully saturated rings. The Balaban J connectivity index is 1.59. The van der Waals surface area contributed by atoms with Crippen molar-refractivity contribution in [2.24, 2.45) is 7.05 Å². The first-order valence-electron chi connectivity index (χ1n) is 8.76. The lowest BCUT2D eigenvalue weighted by atomic mass is 9.89. The summed E-state index contributed by atoms with van der Waals surface area (Å²) in [6.07, 6.45) is 8.11. The third-order valence-electron chi connectivity index (χ3n) is 4.84. The fourth-order valence-corrected chi connectivity index (χ4v) is 4.02. The third kappa shape index (κ3) is 4.50. The molecule has 8 heteroatoms. The fourth-order valence-electron chi connectivity index (χ4n) is 3.21. The van der Waals surface area contributed by atoms with Crippen molar-refractivity contribution in [1.29, 1.82) is 0 Å². The van der Waals surface area contributed by atoms with Gasteiger partial charge in [-0.2, -0.15) is 5.10 Å². The first-order chi connectivity index (χ1) is 12.1. The van der Waals surface area contributed by atoms with Crippen LogP contribution in [0.1, 0.15) is 73.8 Å². The lowest BCUT2D eigenvalue weighted by Gasteiger charge is -2.18. The van der Waals surface area contributed by atoms with Gasteiger partial charge in [0.15, 0.2) is 5.82 Å². The Morgan fingerprint density at radius 3 is 2.52 bits per heavy atom. The average Bonchev–Trinajstić information content (AvgIpc) is 3.36. The molecule has 3 heterocycles. The van der Waals surface area contributed by atoms with Crippen molar-refractivity contribution < 1.29 is 0 Å². The molecule has 0 aliphatic heterocycles. The van der Waals surface area contributed by atoms with Gasteiger partial charge in [0, 0.05) is 42.4 Å². The van der Waals surface area contributed by atoms with Gasteiger partial charge in [-0.05, 0) is 48.1 Å². The number of nitrogens with one attached hydrogen (secondary N) is 1. The van der Waals surface area contributed by atoms with E-state index in [9.17, 15) is 0 Å². The summed E-state index contributed by atoms with van der Waals surface area (Å²) < 4.78 is 1.77. The molecule has 0 aromatic carbocycles. The van der Waals surface area contributed by atoms with E-state index in [1.165, 1.54) is 10.7 Å². The van der Waals surface area contributed by atoms with E-state index in [2.05, 4.69) is 56.0 Å². The lowest BCUT2D eigenvalue weighted by molar-refractivity contribution is 0.469. The summed E-state index contributed by atoms with van der Waals surface area (Å²) in [5, 5.41) is 22.3. The maximum absolute atomic E-state index is 4.57. The lowest BCUT2D eigenvalue weighted by Crippen LogP contribution is -2.08. The Kier molecular flexibility index (Phi) is 5.91. The van der Waals surface area contributed by atoms with Crippen molar-refractivity contribution in [2.75, 3.05) is 0 Å². The van der Waals surface area contributed by atoms with Gasteiger partial charge in [-0.3, -0.25) is 5.10 Å². The van der Waals surface area contributed by atoms with Crippen LogP contribution >= 0.6 is 11.3 Å². The second-order valence-electron chi connectivity index (χ2n) is 6.70. The molecule has 0 bridgehead atoms. The van der Waals surface area contributed by atoms with Crippen LogP contribution in [-0.4, -0.2) is 35.4 Å². The van der Waals surface area contributed by atoms with Gasteiger partial charge in [0.2, 0.25) is 0 Å². The first kappa shape index (κ1) is 17.7. The summed E-state index contributed by atoms with van der Waals surface area (Å²) in [6, 6.07) is 2.06. The Bertz CT molecular complexity index is 735. The van der Waals surface area contributed by atoms with E-state index >= 15 is 0 Å². The number of aromatic nitrogens is 7. The maximum Gasteiger partial charge on any atom is 0.153 e. The minimum atomic E-state index is 0.340. The van der Waals surface area contributed by atoms with Crippen LogP contribution in [0.15, 0.2) is 23.8 Å². The number of hydrogen-bond donors (Lipinski definition) is 1. The quantitative estimate of drug-likeness (QED) is 0.630. The Morgan fingerprint density at radius 1 is 1.12 bits per heavy atom. The third-order valence-corrected chi connectivity index (χ3v) is 5.78. The predicted octanol–water partition coefficient (Wildman–Crippen LogP) is 3.64. The van der Waals surface area contributed by atoms with E-state index in [4.69, 9.17) is 0 Å². The van der Waals surface area contributed by atoms with Crippen LogP contribution in [-0.2, 0) is 7.05 Å². The molecule has 0 radical (unpaired) electrons. The molecule has 3 aromatic rings. The SMILES string of the molecule is CC(CCC(CCC(C)c1nnnn1C)c1nccs1)c1ccn[nH]1. The zero-order chi connectivity index (χ0) is 17.6. The van der Waals surface area contributed by atoms with Crippen molar-refractivity contribution in [3.63, 3.8) is 0 Å². The summed E-state index contributed by atoms with van der Waals surface area (Å²) in [5.41, 5.74) is 1.21. The summed E-state index contributed by atoms with van der Waals surface area (Å²) in [7, 11) is 1.90. The van der Waals surface area contributed by atoms with Gasteiger partial charge < -0.3 is 0 Å². The zero-order valence-electron chi connectivity index (χ0n) is 15.0. The van der Waals surface area contributed by atoms with Crippen molar-refractivity contribution in [3.8, 4) is 0 Å². The molecule has 0 saturated heterocycles. The van der Waals surface area contributed by atoms with Gasteiger partial charge in [-0.25, -0.2) is 9.67 Å². The summed E-state index contributed by atoms with van der Waals surface area (Å²) in [4.78, 5) is 4.57. The highest BCUT2D eigenvalue weighted by atomic mass is 32.1. The van der Waals surface area contributed by atoms with E-state index in [0.29, 0.717) is 17.8 Å². The number of hydrogen-bond acceptors (Lipinski definition) is 6. The molecule has 0 aliphatic carbocycles. The number of nitrogens with zero attached hydrogens (tertiary/aromatic N) is 6. The molecule has 3 unspecified atom stereocenters. The topological polar surface area (TPSA) is 85.2 Å². The minimum Gasteiger partial charge on any atom is -0.282 e. The van der Waals surface area contributed by atoms with Crippen molar-refractivity contribution >= 4 is 11.3 Å². The van der Waals surface area contributed by atoms with E-state index in [-0.39, 0.29) is 0 Å². The highest BCUT2D eigenvalue weighted by Gasteiger charge is 2.20. The molecule has 25 heavy (non-hydrogen) atoms. The van der Waals surface area contributed by atoms with Crippen LogP contribution < -0.4 is 0 Å². The highest BCUT2D eigenvalue weighted by molar-refractivity contribution is 7.09. The van der Waals surface area contributed by atoms with Crippen LogP contribution in [0.25, 0.3) is 0 Å². The van der Waals surface area contributed by atoms with Gasteiger partial charge in [0.25, 0.3) is 0 Å². The summed E-state index contributed by atoms with van der Waals surface area (Å²) in [6.45, 7) is 4.44. The predicted molar refractivity (Wildman–Crippen MR) is 97.5 cm³/mol. The minimum absolute atomic E-state index is 0.340. The maximum atomic E-state index is 4.57. The van der Waals surface area contributed by atoms with Crippen molar-refractivity contribution in [2.45, 2.75) is 57.3 Å². The van der Waals surface area contributed by atoms with Crippen molar-refractivity contribution in [3.05, 3.63) is 40.4 Å². The molecule has 0 spiro atoms. The molecule has 0 amide bonds. The van der Waals surface area contributed by atoms with Gasteiger partial charge in [-0.15, -0.1) is 16.4 Å². The number of thiazole rings is 1. The fraction of sp³-hybridized carbons (Fsp3) is 0.588. The normalized spacial score (nSPS) is 15.2. The second kappa shape index (κ2) is 8.33. The Hall–Kier alpha value is -2.09. The van der Waals surface area contributed by atoms with Crippen LogP contribution in [0.3, 0.4) is 0 Å². The van der Waals surface area contributed by atoms with Gasteiger partial charge >= 0.3 is 0 Å². The van der Waals surface area contributed by atoms with Crippen LogP contribution in [0.2, 0.25) is 0 Å². The molecule has 134 valence electrons. The van der Waals surface area contributed by atoms with E-state index < -0.39 is 0 Å². The number of H-pyrrole nitrogens is 1. The van der Waals surface area contributed by atoms with Crippen LogP contribution in [0.4, 0.5) is 0 Å². The summed E-state index contributed by atoms with van der Waals surface area (Å²) >= 11 is 1.76. The molecule has 3 aromatic heterocycles. The Labute approximate surface area is 151 Å². The van der Waals surface area contributed by atoms with E-state index in [1.807, 2.05) is 19.4 Å². The molecule has 0 aliphatic rings. The van der Waals surface area contributed by atoms with Gasteiger partial charge in [0.05, 0.1) is 5.01 Å². The molecular weight excluding hydrogens is 334 g/mol. The molecule has 7 nitrogen and oxygen atoms in total. The average molecular weight is 360 g/mol. The second-order valence-corrected chi connectivity index (χ2v) is 7.62. The van der Waals surface area contributed by atoms with Crippen LogP contribution in [0, 0.1) is 0 Å². The molecular formula is C17H25N7S. The van der Waals surface area contributed by atoms with Gasteiger partial charge in [0.1, 0.15) is 0 Å². The molecule has 3 atom stereocenters. The van der Waals surface area contributed by atoms with E-state index in [1.54, 1.807) is 16.0 Å². The Morgan fingerprint density at radius 2 is 1.92 bits per heavy atom. The summed E-state index contributed by atoms with van der Waals surface area (Å²) in [5.74, 6) is 2.25. The number of aromatic amines is 1. The number of aryl methyl sites for hydroxylation is 1. The molecule has 0 saturated carbocycles. The van der Waals surface area contributed by atoms with Gasteiger partial charge in [-0.1, -0.05) is 13.8 Å². The van der Waals surface area contributed by atoms with Crippen molar-refractivity contribution in [1.82, 2.24) is 35.4 Å². The number of tetrazole rings is 1. The largest absolute Gasteiger partial charge is 0.282 e. The zero-order valence-corrected chi connectivity index (χ0v) is 15.8. The standard InChI is InChI=1S/C17H25N7S/c1-12(15-8-9-19-20-15)4-6-14(17-18-10-11-25-17)7-5-13(2)16-21-22-23-24(16)3/h8-14H,4-7H2,1-3H3,(H,19,20). The first-order valence-corrected chi connectivity index (χ1v) is 9.64. The van der Waals surface area contributed by atoms with E-state index in [0.717, 1.165) is 31.5 Å². The molecule has 3 rings (SSSR count). The smallest absolute Gasteiger partial charge is 0.153 e.